The van der Waals surface area contributed by atoms with Crippen LogP contribution in [0.3, 0.4) is 0 Å². The molecule has 2 N–H and O–H groups in total. The molecule has 2 aliphatic rings. The van der Waals surface area contributed by atoms with Crippen LogP contribution in [0, 0.1) is 0 Å². The standard InChI is InChI=1S/C23H23F5N6O3/c1-13(25)7-29-9-19(30-3-2-24)21-17-8-31-18(6-20(17)33(32-21)12-23(26,27)28)22(36)34-14-4-16(35)5-15(34)11-37-10-14/h2-3,6-9,14-16,30,35H,1,4-5,10-12H2/b3-2+,19-9-,29-7+. The van der Waals surface area contributed by atoms with Crippen LogP contribution < -0.4 is 5.32 Å². The molecule has 37 heavy (non-hydrogen) atoms. The molecule has 2 bridgehead atoms. The second-order valence-corrected chi connectivity index (χ2v) is 8.60. The average molecular weight is 526 g/mol. The topological polar surface area (TPSA) is 105 Å². The minimum absolute atomic E-state index is 0.0556. The van der Waals surface area contributed by atoms with Crippen LogP contribution in [0.1, 0.15) is 29.0 Å². The lowest BCUT2D eigenvalue weighted by molar-refractivity contribution is -0.141. The molecular weight excluding hydrogens is 503 g/mol. The van der Waals surface area contributed by atoms with Crippen LogP contribution in [0.4, 0.5) is 22.0 Å². The van der Waals surface area contributed by atoms with E-state index in [4.69, 9.17) is 4.74 Å². The van der Waals surface area contributed by atoms with E-state index in [2.05, 4.69) is 27.0 Å². The SMILES string of the molecule is C=C(F)/C=N/C=C(\N/C=C/F)c1nn(CC(F)(F)F)c2cc(C(=O)N3C4COCC3CC(O)C4)ncc12. The number of nitrogens with zero attached hydrogens (tertiary/aromatic N) is 5. The molecule has 198 valence electrons. The number of ether oxygens (including phenoxy) is 1. The van der Waals surface area contributed by atoms with Crippen LogP contribution in [0.15, 0.2) is 48.4 Å². The summed E-state index contributed by atoms with van der Waals surface area (Å²) in [5, 5.41) is 16.7. The van der Waals surface area contributed by atoms with Gasteiger partial charge in [0.05, 0.1) is 55.0 Å². The number of hydrogen-bond donors (Lipinski definition) is 2. The molecule has 9 nitrogen and oxygen atoms in total. The predicted octanol–water partition coefficient (Wildman–Crippen LogP) is 3.24. The molecule has 2 saturated heterocycles. The highest BCUT2D eigenvalue weighted by atomic mass is 19.4. The third kappa shape index (κ3) is 6.02. The Bertz CT molecular complexity index is 1260. The number of carbonyl (C=O) groups is 1. The lowest BCUT2D eigenvalue weighted by Crippen LogP contribution is -2.60. The summed E-state index contributed by atoms with van der Waals surface area (Å²) in [6.45, 7) is 1.99. The van der Waals surface area contributed by atoms with Gasteiger partial charge in [-0.05, 0) is 18.9 Å². The van der Waals surface area contributed by atoms with E-state index in [0.717, 1.165) is 18.6 Å². The highest BCUT2D eigenvalue weighted by Gasteiger charge is 2.42. The summed E-state index contributed by atoms with van der Waals surface area (Å²) in [6, 6.07) is 0.423. The molecule has 4 heterocycles. The van der Waals surface area contributed by atoms with Crippen molar-refractivity contribution in [1.29, 1.82) is 0 Å². The number of aliphatic imine (C=N–C) groups is 1. The zero-order chi connectivity index (χ0) is 26.7. The van der Waals surface area contributed by atoms with Crippen molar-refractivity contribution in [3.05, 3.63) is 54.8 Å². The van der Waals surface area contributed by atoms with Gasteiger partial charge in [-0.1, -0.05) is 6.58 Å². The van der Waals surface area contributed by atoms with E-state index in [1.54, 1.807) is 4.90 Å². The van der Waals surface area contributed by atoms with E-state index in [0.29, 0.717) is 17.5 Å². The first-order chi connectivity index (χ1) is 17.6. The van der Waals surface area contributed by atoms with Crippen LogP contribution >= 0.6 is 0 Å². The van der Waals surface area contributed by atoms with Crippen molar-refractivity contribution < 1.29 is 36.6 Å². The molecule has 1 amide bonds. The Morgan fingerprint density at radius 3 is 2.65 bits per heavy atom. The van der Waals surface area contributed by atoms with E-state index in [-0.39, 0.29) is 47.5 Å². The van der Waals surface area contributed by atoms with Crippen molar-refractivity contribution in [3.63, 3.8) is 0 Å². The number of rotatable bonds is 7. The Kier molecular flexibility index (Phi) is 7.68. The summed E-state index contributed by atoms with van der Waals surface area (Å²) < 4.78 is 71.9. The van der Waals surface area contributed by atoms with Crippen LogP contribution in [0.2, 0.25) is 0 Å². The lowest BCUT2D eigenvalue weighted by Gasteiger charge is -2.47. The lowest BCUT2D eigenvalue weighted by atomic mass is 9.91. The Hall–Kier alpha value is -3.65. The maximum absolute atomic E-state index is 13.4. The molecule has 0 aromatic carbocycles. The van der Waals surface area contributed by atoms with Gasteiger partial charge < -0.3 is 20.1 Å². The van der Waals surface area contributed by atoms with Gasteiger partial charge >= 0.3 is 6.18 Å². The zero-order valence-corrected chi connectivity index (χ0v) is 19.3. The van der Waals surface area contributed by atoms with Crippen molar-refractivity contribution >= 4 is 28.7 Å². The van der Waals surface area contributed by atoms with Gasteiger partial charge in [-0.25, -0.2) is 8.78 Å². The Balaban J connectivity index is 1.78. The minimum atomic E-state index is -4.65. The van der Waals surface area contributed by atoms with Gasteiger partial charge in [0.25, 0.3) is 5.91 Å². The number of nitrogens with one attached hydrogen (secondary N) is 1. The molecule has 2 aromatic heterocycles. The largest absolute Gasteiger partial charge is 0.408 e. The third-order valence-corrected chi connectivity index (χ3v) is 5.89. The van der Waals surface area contributed by atoms with Crippen molar-refractivity contribution in [3.8, 4) is 0 Å². The Morgan fingerprint density at radius 1 is 1.32 bits per heavy atom. The summed E-state index contributed by atoms with van der Waals surface area (Å²) in [6.07, 6.45) is -0.644. The molecule has 0 spiro atoms. The molecule has 0 saturated carbocycles. The van der Waals surface area contributed by atoms with Crippen LogP contribution in [0.25, 0.3) is 16.6 Å². The fraction of sp³-hybridized carbons (Fsp3) is 0.391. The number of halogens is 5. The number of piperidine rings is 1. The van der Waals surface area contributed by atoms with Gasteiger partial charge in [-0.3, -0.25) is 19.5 Å². The van der Waals surface area contributed by atoms with Gasteiger partial charge in [0.2, 0.25) is 0 Å². The fourth-order valence-electron chi connectivity index (χ4n) is 4.51. The number of fused-ring (bicyclic) bond motifs is 3. The monoisotopic (exact) mass is 526 g/mol. The molecule has 0 radical (unpaired) electrons. The van der Waals surface area contributed by atoms with E-state index in [1.807, 2.05) is 0 Å². The summed E-state index contributed by atoms with van der Waals surface area (Å²) in [5.74, 6) is -1.39. The molecule has 2 unspecified atom stereocenters. The van der Waals surface area contributed by atoms with Crippen LogP contribution in [-0.4, -0.2) is 74.5 Å². The number of carbonyl (C=O) groups excluding carboxylic acids is 1. The normalized spacial score (nSPS) is 22.8. The predicted molar refractivity (Wildman–Crippen MR) is 123 cm³/mol. The van der Waals surface area contributed by atoms with Crippen molar-refractivity contribution in [1.82, 2.24) is 25.0 Å². The number of hydrogen-bond acceptors (Lipinski definition) is 7. The second kappa shape index (κ2) is 10.8. The van der Waals surface area contributed by atoms with Gasteiger partial charge in [-0.15, -0.1) is 0 Å². The number of aliphatic hydroxyl groups excluding tert-OH is 1. The fourth-order valence-corrected chi connectivity index (χ4v) is 4.51. The Labute approximate surface area is 207 Å². The smallest absolute Gasteiger partial charge is 0.393 e. The summed E-state index contributed by atoms with van der Waals surface area (Å²) in [7, 11) is 0. The van der Waals surface area contributed by atoms with Crippen molar-refractivity contribution in [2.75, 3.05) is 13.2 Å². The van der Waals surface area contributed by atoms with E-state index in [9.17, 15) is 31.9 Å². The summed E-state index contributed by atoms with van der Waals surface area (Å²) in [5.41, 5.74) is -0.309. The van der Waals surface area contributed by atoms with Gasteiger partial charge in [0, 0.05) is 17.8 Å². The van der Waals surface area contributed by atoms with Gasteiger partial charge in [0.15, 0.2) is 0 Å². The first kappa shape index (κ1) is 26.4. The number of alkyl halides is 3. The zero-order valence-electron chi connectivity index (χ0n) is 19.3. The molecule has 2 aromatic rings. The highest BCUT2D eigenvalue weighted by Crippen LogP contribution is 2.31. The molecule has 0 aliphatic carbocycles. The number of aromatic nitrogens is 3. The first-order valence-corrected chi connectivity index (χ1v) is 11.2. The number of aliphatic hydroxyl groups is 1. The second-order valence-electron chi connectivity index (χ2n) is 8.60. The molecule has 4 rings (SSSR count). The van der Waals surface area contributed by atoms with E-state index < -0.39 is 42.6 Å². The number of morpholine rings is 1. The first-order valence-electron chi connectivity index (χ1n) is 11.2. The molecule has 2 fully saturated rings. The van der Waals surface area contributed by atoms with Crippen LogP contribution in [0.5, 0.6) is 0 Å². The third-order valence-electron chi connectivity index (χ3n) is 5.89. The van der Waals surface area contributed by atoms with E-state index >= 15 is 0 Å². The number of allylic oxidation sites excluding steroid dienone is 1. The summed E-state index contributed by atoms with van der Waals surface area (Å²) >= 11 is 0. The Morgan fingerprint density at radius 2 is 2.03 bits per heavy atom. The molecule has 14 heteroatoms. The average Bonchev–Trinajstić information content (AvgIpc) is 3.16. The molecule has 2 atom stereocenters. The molecule has 2 aliphatic heterocycles. The molecular formula is C23H23F5N6O3. The highest BCUT2D eigenvalue weighted by molar-refractivity contribution is 5.98. The van der Waals surface area contributed by atoms with Crippen LogP contribution in [-0.2, 0) is 11.3 Å². The summed E-state index contributed by atoms with van der Waals surface area (Å²) in [4.78, 5) is 22.8. The number of amides is 1. The maximum atomic E-state index is 13.4. The van der Waals surface area contributed by atoms with Crippen molar-refractivity contribution in [2.24, 2.45) is 4.99 Å². The van der Waals surface area contributed by atoms with Gasteiger partial charge in [0.1, 0.15) is 30.1 Å². The maximum Gasteiger partial charge on any atom is 0.408 e. The van der Waals surface area contributed by atoms with Gasteiger partial charge in [-0.2, -0.15) is 18.3 Å². The minimum Gasteiger partial charge on any atom is -0.393 e. The van der Waals surface area contributed by atoms with Crippen molar-refractivity contribution in [2.45, 2.75) is 43.8 Å². The quantitative estimate of drug-likeness (QED) is 0.424. The van der Waals surface area contributed by atoms with E-state index in [1.165, 1.54) is 12.3 Å². The number of pyridine rings is 1.